The molecule has 0 aliphatic heterocycles. The zero-order chi connectivity index (χ0) is 13.9. The zero-order valence-corrected chi connectivity index (χ0v) is 13.2. The van der Waals surface area contributed by atoms with Crippen LogP contribution in [0.4, 0.5) is 0 Å². The molecule has 20 heavy (non-hydrogen) atoms. The minimum absolute atomic E-state index is 0.788. The molecular formula is C14H12ClN3S2. The average Bonchev–Trinajstić information content (AvgIpc) is 3.08. The van der Waals surface area contributed by atoms with Crippen LogP contribution < -0.4 is 0 Å². The lowest BCUT2D eigenvalue weighted by Crippen LogP contribution is -1.94. The first-order valence-corrected chi connectivity index (χ1v) is 8.29. The number of hydrogen-bond acceptors (Lipinski definition) is 4. The largest absolute Gasteiger partial charge is 0.304 e. The molecule has 6 heteroatoms. The summed E-state index contributed by atoms with van der Waals surface area (Å²) >= 11 is 9.47. The molecule has 3 rings (SSSR count). The van der Waals surface area contributed by atoms with E-state index in [1.165, 1.54) is 0 Å². The van der Waals surface area contributed by atoms with Crippen molar-refractivity contribution in [2.45, 2.75) is 10.9 Å². The van der Waals surface area contributed by atoms with Crippen LogP contribution in [0.1, 0.15) is 5.56 Å². The van der Waals surface area contributed by atoms with Gasteiger partial charge < -0.3 is 4.57 Å². The number of benzene rings is 1. The minimum atomic E-state index is 0.788. The monoisotopic (exact) mass is 321 g/mol. The lowest BCUT2D eigenvalue weighted by atomic mass is 10.2. The van der Waals surface area contributed by atoms with Gasteiger partial charge in [-0.1, -0.05) is 47.6 Å². The Kier molecular flexibility index (Phi) is 4.10. The molecule has 0 radical (unpaired) electrons. The van der Waals surface area contributed by atoms with E-state index >= 15 is 0 Å². The van der Waals surface area contributed by atoms with Crippen molar-refractivity contribution in [2.24, 2.45) is 7.05 Å². The molecule has 0 spiro atoms. The van der Waals surface area contributed by atoms with Crippen molar-refractivity contribution < 1.29 is 0 Å². The Hall–Kier alpha value is -1.30. The van der Waals surface area contributed by atoms with E-state index in [4.69, 9.17) is 11.6 Å². The maximum atomic E-state index is 6.16. The predicted octanol–water partition coefficient (Wildman–Crippen LogP) is 4.49. The summed E-state index contributed by atoms with van der Waals surface area (Å²) in [5.74, 6) is 1.69. The van der Waals surface area contributed by atoms with E-state index in [0.29, 0.717) is 0 Å². The van der Waals surface area contributed by atoms with Gasteiger partial charge in [0.15, 0.2) is 11.0 Å². The molecule has 0 fully saturated rings. The molecule has 0 aliphatic carbocycles. The third-order valence-electron chi connectivity index (χ3n) is 2.89. The first-order chi connectivity index (χ1) is 9.75. The number of halogens is 1. The lowest BCUT2D eigenvalue weighted by Gasteiger charge is -2.04. The molecule has 1 aromatic carbocycles. The molecule has 0 bridgehead atoms. The van der Waals surface area contributed by atoms with Gasteiger partial charge in [0.2, 0.25) is 0 Å². The summed E-state index contributed by atoms with van der Waals surface area (Å²) in [4.78, 5) is 1.13. The second-order valence-electron chi connectivity index (χ2n) is 4.22. The molecule has 0 atom stereocenters. The quantitative estimate of drug-likeness (QED) is 0.663. The summed E-state index contributed by atoms with van der Waals surface area (Å²) in [6.07, 6.45) is 0. The van der Waals surface area contributed by atoms with Crippen LogP contribution >= 0.6 is 34.7 Å². The van der Waals surface area contributed by atoms with Crippen molar-refractivity contribution in [2.75, 3.05) is 0 Å². The van der Waals surface area contributed by atoms with Crippen molar-refractivity contribution in [3.8, 4) is 10.7 Å². The molecule has 0 saturated heterocycles. The number of hydrogen-bond donors (Lipinski definition) is 0. The van der Waals surface area contributed by atoms with Gasteiger partial charge in [-0.15, -0.1) is 21.5 Å². The number of thiophene rings is 1. The third kappa shape index (κ3) is 2.75. The topological polar surface area (TPSA) is 30.7 Å². The summed E-state index contributed by atoms with van der Waals surface area (Å²) in [6, 6.07) is 11.9. The zero-order valence-electron chi connectivity index (χ0n) is 10.8. The fourth-order valence-corrected chi connectivity index (χ4v) is 3.76. The van der Waals surface area contributed by atoms with E-state index in [-0.39, 0.29) is 0 Å². The number of rotatable bonds is 4. The van der Waals surface area contributed by atoms with Crippen LogP contribution in [0.5, 0.6) is 0 Å². The Bertz CT molecular complexity index is 707. The Morgan fingerprint density at radius 1 is 1.20 bits per heavy atom. The van der Waals surface area contributed by atoms with E-state index in [2.05, 4.69) is 16.3 Å². The van der Waals surface area contributed by atoms with Gasteiger partial charge in [0.05, 0.1) is 4.88 Å². The molecule has 0 amide bonds. The predicted molar refractivity (Wildman–Crippen MR) is 85.3 cm³/mol. The van der Waals surface area contributed by atoms with E-state index in [1.54, 1.807) is 23.1 Å². The van der Waals surface area contributed by atoms with Crippen molar-refractivity contribution in [3.63, 3.8) is 0 Å². The van der Waals surface area contributed by atoms with Crippen molar-refractivity contribution in [3.05, 3.63) is 52.4 Å². The molecule has 0 N–H and O–H groups in total. The number of thioether (sulfide) groups is 1. The van der Waals surface area contributed by atoms with Gasteiger partial charge in [-0.3, -0.25) is 0 Å². The van der Waals surface area contributed by atoms with Gasteiger partial charge in [-0.2, -0.15) is 0 Å². The summed E-state index contributed by atoms with van der Waals surface area (Å²) < 4.78 is 2.02. The molecular weight excluding hydrogens is 310 g/mol. The Morgan fingerprint density at radius 2 is 2.05 bits per heavy atom. The van der Waals surface area contributed by atoms with Crippen LogP contribution in [0.25, 0.3) is 10.7 Å². The molecule has 102 valence electrons. The molecule has 3 nitrogen and oxygen atoms in total. The van der Waals surface area contributed by atoms with E-state index in [1.807, 2.05) is 47.3 Å². The first kappa shape index (κ1) is 13.7. The third-order valence-corrected chi connectivity index (χ3v) is 5.19. The van der Waals surface area contributed by atoms with Crippen LogP contribution in [0.15, 0.2) is 46.9 Å². The van der Waals surface area contributed by atoms with E-state index in [0.717, 1.165) is 32.2 Å². The second-order valence-corrected chi connectivity index (χ2v) is 6.52. The highest BCUT2D eigenvalue weighted by atomic mass is 35.5. The Balaban J connectivity index is 1.78. The smallest absolute Gasteiger partial charge is 0.191 e. The van der Waals surface area contributed by atoms with Crippen LogP contribution in [0.2, 0.25) is 5.02 Å². The van der Waals surface area contributed by atoms with Gasteiger partial charge in [0.25, 0.3) is 0 Å². The average molecular weight is 322 g/mol. The molecule has 2 heterocycles. The molecule has 3 aromatic rings. The molecule has 0 saturated carbocycles. The maximum absolute atomic E-state index is 6.16. The molecule has 2 aromatic heterocycles. The Labute approximate surface area is 130 Å². The first-order valence-electron chi connectivity index (χ1n) is 6.05. The van der Waals surface area contributed by atoms with Gasteiger partial charge in [0, 0.05) is 17.8 Å². The Morgan fingerprint density at radius 3 is 2.80 bits per heavy atom. The number of aromatic nitrogens is 3. The van der Waals surface area contributed by atoms with E-state index in [9.17, 15) is 0 Å². The maximum Gasteiger partial charge on any atom is 0.191 e. The summed E-state index contributed by atoms with van der Waals surface area (Å²) in [7, 11) is 1.99. The fraction of sp³-hybridized carbons (Fsp3) is 0.143. The summed E-state index contributed by atoms with van der Waals surface area (Å²) in [5.41, 5.74) is 1.11. The van der Waals surface area contributed by atoms with Gasteiger partial charge in [-0.05, 0) is 23.1 Å². The number of nitrogens with zero attached hydrogens (tertiary/aromatic N) is 3. The summed E-state index contributed by atoms with van der Waals surface area (Å²) in [6.45, 7) is 0. The van der Waals surface area contributed by atoms with Crippen LogP contribution in [-0.4, -0.2) is 14.8 Å². The highest BCUT2D eigenvalue weighted by Crippen LogP contribution is 2.29. The van der Waals surface area contributed by atoms with Crippen molar-refractivity contribution in [1.29, 1.82) is 0 Å². The molecule has 0 aliphatic rings. The van der Waals surface area contributed by atoms with Crippen molar-refractivity contribution >= 4 is 34.7 Å². The minimum Gasteiger partial charge on any atom is -0.304 e. The van der Waals surface area contributed by atoms with Gasteiger partial charge in [0.1, 0.15) is 0 Å². The van der Waals surface area contributed by atoms with E-state index < -0.39 is 0 Å². The SMILES string of the molecule is Cn1c(SCc2ccccc2Cl)nnc1-c1cccs1. The van der Waals surface area contributed by atoms with Gasteiger partial charge >= 0.3 is 0 Å². The van der Waals surface area contributed by atoms with Crippen LogP contribution in [0.3, 0.4) is 0 Å². The molecule has 0 unspecified atom stereocenters. The lowest BCUT2D eigenvalue weighted by molar-refractivity contribution is 0.794. The fourth-order valence-electron chi connectivity index (χ4n) is 1.82. The standard InChI is InChI=1S/C14H12ClN3S2/c1-18-13(12-7-4-8-19-12)16-17-14(18)20-9-10-5-2-3-6-11(10)15/h2-8H,9H2,1H3. The summed E-state index contributed by atoms with van der Waals surface area (Å²) in [5, 5.41) is 12.2. The van der Waals surface area contributed by atoms with Crippen LogP contribution in [0, 0.1) is 0 Å². The van der Waals surface area contributed by atoms with Gasteiger partial charge in [-0.25, -0.2) is 0 Å². The van der Waals surface area contributed by atoms with Crippen LogP contribution in [-0.2, 0) is 12.8 Å². The highest BCUT2D eigenvalue weighted by Gasteiger charge is 2.12. The van der Waals surface area contributed by atoms with Crippen molar-refractivity contribution in [1.82, 2.24) is 14.8 Å². The second kappa shape index (κ2) is 5.99. The normalized spacial score (nSPS) is 10.9. The highest BCUT2D eigenvalue weighted by molar-refractivity contribution is 7.98.